The molecule has 0 bridgehead atoms. The molecule has 0 amide bonds. The molecule has 0 radical (unpaired) electrons. The molecular weight excluding hydrogens is 461 g/mol. The average molecular weight is 481 g/mol. The SMILES string of the molecule is c1ccc([Te]CCNCC[Te]c2ccccc2)cc1. The van der Waals surface area contributed by atoms with E-state index in [9.17, 15) is 0 Å². The predicted octanol–water partition coefficient (Wildman–Crippen LogP) is 1.47. The summed E-state index contributed by atoms with van der Waals surface area (Å²) in [6, 6.07) is 21.9. The van der Waals surface area contributed by atoms with E-state index in [4.69, 9.17) is 0 Å². The maximum atomic E-state index is 3.59. The van der Waals surface area contributed by atoms with Crippen LogP contribution in [0.25, 0.3) is 0 Å². The van der Waals surface area contributed by atoms with Gasteiger partial charge >= 0.3 is 137 Å². The molecule has 0 aromatic heterocycles. The van der Waals surface area contributed by atoms with Crippen LogP contribution >= 0.6 is 0 Å². The first-order valence-electron chi connectivity index (χ1n) is 6.51. The third kappa shape index (κ3) is 6.80. The summed E-state index contributed by atoms with van der Waals surface area (Å²) in [4.78, 5) is 0. The monoisotopic (exact) mass is 485 g/mol. The second-order valence-corrected chi connectivity index (χ2v) is 10.7. The second-order valence-electron chi connectivity index (χ2n) is 4.07. The van der Waals surface area contributed by atoms with Crippen molar-refractivity contribution in [1.29, 1.82) is 0 Å². The summed E-state index contributed by atoms with van der Waals surface area (Å²) in [5.41, 5.74) is 0. The molecule has 0 spiro atoms. The van der Waals surface area contributed by atoms with Gasteiger partial charge in [-0.15, -0.1) is 0 Å². The number of rotatable bonds is 8. The number of benzene rings is 2. The van der Waals surface area contributed by atoms with Gasteiger partial charge < -0.3 is 0 Å². The Labute approximate surface area is 136 Å². The number of hydrogen-bond acceptors (Lipinski definition) is 1. The number of nitrogens with one attached hydrogen (secondary N) is 1. The van der Waals surface area contributed by atoms with E-state index in [2.05, 4.69) is 66.0 Å². The van der Waals surface area contributed by atoms with Crippen LogP contribution in [0.2, 0.25) is 8.94 Å². The van der Waals surface area contributed by atoms with E-state index in [1.807, 2.05) is 0 Å². The van der Waals surface area contributed by atoms with Gasteiger partial charge in [0.2, 0.25) is 0 Å². The first-order valence-corrected chi connectivity index (χ1v) is 12.1. The van der Waals surface area contributed by atoms with Crippen LogP contribution in [-0.4, -0.2) is 54.9 Å². The van der Waals surface area contributed by atoms with Crippen molar-refractivity contribution in [2.24, 2.45) is 0 Å². The van der Waals surface area contributed by atoms with E-state index in [0.717, 1.165) is 0 Å². The molecule has 0 aliphatic carbocycles. The zero-order valence-corrected chi connectivity index (χ0v) is 15.6. The Morgan fingerprint density at radius 2 is 1.05 bits per heavy atom. The van der Waals surface area contributed by atoms with Gasteiger partial charge in [0.15, 0.2) is 0 Å². The Bertz CT molecular complexity index is 401. The van der Waals surface area contributed by atoms with Crippen LogP contribution in [0.4, 0.5) is 0 Å². The first-order chi connectivity index (χ1) is 9.45. The third-order valence-corrected chi connectivity index (χ3v) is 8.37. The van der Waals surface area contributed by atoms with Crippen LogP contribution in [0.15, 0.2) is 60.7 Å². The summed E-state index contributed by atoms with van der Waals surface area (Å²) in [7, 11) is 0. The van der Waals surface area contributed by atoms with Gasteiger partial charge in [-0.05, 0) is 0 Å². The summed E-state index contributed by atoms with van der Waals surface area (Å²) >= 11 is 0.0612. The van der Waals surface area contributed by atoms with Crippen LogP contribution in [0.5, 0.6) is 0 Å². The molecule has 2 rings (SSSR count). The van der Waals surface area contributed by atoms with Crippen molar-refractivity contribution in [2.45, 2.75) is 8.94 Å². The zero-order chi connectivity index (χ0) is 13.2. The van der Waals surface area contributed by atoms with Crippen LogP contribution in [0.3, 0.4) is 0 Å². The maximum absolute atomic E-state index is 3.59. The molecule has 1 nitrogen and oxygen atoms in total. The molecule has 0 saturated carbocycles. The normalized spacial score (nSPS) is 10.5. The minimum atomic E-state index is 0.0306. The minimum absolute atomic E-state index is 0.0306. The molecular formula is C16H19NTe2. The van der Waals surface area contributed by atoms with E-state index >= 15 is 0 Å². The number of hydrogen-bond donors (Lipinski definition) is 1. The standard InChI is InChI=1S/C16H19NTe2/c1-3-7-15(8-4-1)18-13-11-17-12-14-19-16-9-5-2-6-10-16/h1-10,17H,11-14H2. The van der Waals surface area contributed by atoms with Gasteiger partial charge in [-0.1, -0.05) is 0 Å². The Balaban J connectivity index is 1.49. The van der Waals surface area contributed by atoms with Gasteiger partial charge in [-0.25, -0.2) is 0 Å². The van der Waals surface area contributed by atoms with Crippen molar-refractivity contribution in [3.05, 3.63) is 60.7 Å². The van der Waals surface area contributed by atoms with Crippen molar-refractivity contribution in [1.82, 2.24) is 5.32 Å². The Hall–Kier alpha value is -0.0208. The van der Waals surface area contributed by atoms with E-state index < -0.39 is 0 Å². The third-order valence-electron chi connectivity index (χ3n) is 2.58. The molecule has 0 aliphatic heterocycles. The molecule has 0 unspecified atom stereocenters. The van der Waals surface area contributed by atoms with Gasteiger partial charge in [0.05, 0.1) is 0 Å². The van der Waals surface area contributed by atoms with E-state index in [0.29, 0.717) is 0 Å². The molecule has 0 atom stereocenters. The molecule has 1 N–H and O–H groups in total. The Kier molecular flexibility index (Phi) is 7.94. The average Bonchev–Trinajstić information content (AvgIpc) is 2.48. The zero-order valence-electron chi connectivity index (χ0n) is 10.9. The summed E-state index contributed by atoms with van der Waals surface area (Å²) in [5, 5.41) is 3.59. The van der Waals surface area contributed by atoms with Crippen molar-refractivity contribution < 1.29 is 0 Å². The van der Waals surface area contributed by atoms with Crippen LogP contribution in [0.1, 0.15) is 0 Å². The van der Waals surface area contributed by atoms with E-state index in [1.165, 1.54) is 22.0 Å². The predicted molar refractivity (Wildman–Crippen MR) is 86.1 cm³/mol. The topological polar surface area (TPSA) is 12.0 Å². The quantitative estimate of drug-likeness (QED) is 0.446. The molecule has 19 heavy (non-hydrogen) atoms. The molecule has 0 fully saturated rings. The van der Waals surface area contributed by atoms with Gasteiger partial charge in [0.25, 0.3) is 0 Å². The van der Waals surface area contributed by atoms with Crippen LogP contribution in [-0.2, 0) is 0 Å². The van der Waals surface area contributed by atoms with Crippen molar-refractivity contribution in [2.75, 3.05) is 13.1 Å². The molecule has 3 heteroatoms. The van der Waals surface area contributed by atoms with Gasteiger partial charge in [-0.2, -0.15) is 0 Å². The summed E-state index contributed by atoms with van der Waals surface area (Å²) in [6.45, 7) is 2.39. The van der Waals surface area contributed by atoms with Crippen molar-refractivity contribution in [3.63, 3.8) is 0 Å². The van der Waals surface area contributed by atoms with E-state index in [1.54, 1.807) is 7.22 Å². The molecule has 100 valence electrons. The summed E-state index contributed by atoms with van der Waals surface area (Å²) < 4.78 is 5.88. The second kappa shape index (κ2) is 9.82. The summed E-state index contributed by atoms with van der Waals surface area (Å²) in [5.74, 6) is 0. The van der Waals surface area contributed by atoms with Crippen LogP contribution in [0, 0.1) is 0 Å². The summed E-state index contributed by atoms with van der Waals surface area (Å²) in [6.07, 6.45) is 0. The van der Waals surface area contributed by atoms with Gasteiger partial charge in [0.1, 0.15) is 0 Å². The van der Waals surface area contributed by atoms with Crippen LogP contribution < -0.4 is 12.5 Å². The first kappa shape index (κ1) is 15.4. The van der Waals surface area contributed by atoms with Crippen molar-refractivity contribution >= 4 is 49.1 Å². The molecule has 0 heterocycles. The Morgan fingerprint density at radius 1 is 0.632 bits per heavy atom. The van der Waals surface area contributed by atoms with Crippen molar-refractivity contribution in [3.8, 4) is 0 Å². The molecule has 0 saturated heterocycles. The fourth-order valence-electron chi connectivity index (χ4n) is 1.64. The fraction of sp³-hybridized carbons (Fsp3) is 0.250. The molecule has 0 aliphatic rings. The van der Waals surface area contributed by atoms with Gasteiger partial charge in [-0.3, -0.25) is 0 Å². The molecule has 2 aromatic rings. The van der Waals surface area contributed by atoms with Gasteiger partial charge in [0, 0.05) is 0 Å². The van der Waals surface area contributed by atoms with E-state index in [-0.39, 0.29) is 41.8 Å². The Morgan fingerprint density at radius 3 is 1.47 bits per heavy atom. The fourth-order valence-corrected chi connectivity index (χ4v) is 6.39. The molecule has 2 aromatic carbocycles.